The van der Waals surface area contributed by atoms with Gasteiger partial charge >= 0.3 is 5.63 Å². The predicted octanol–water partition coefficient (Wildman–Crippen LogP) is 4.84. The van der Waals surface area contributed by atoms with E-state index in [1.54, 1.807) is 0 Å². The molecule has 0 aliphatic heterocycles. The first-order chi connectivity index (χ1) is 13.6. The highest BCUT2D eigenvalue weighted by Gasteiger charge is 2.12. The molecule has 142 valence electrons. The fraction of sp³-hybridized carbons (Fsp3) is 0.190. The zero-order valence-corrected chi connectivity index (χ0v) is 16.3. The van der Waals surface area contributed by atoms with Gasteiger partial charge in [0, 0.05) is 22.8 Å². The molecule has 0 aliphatic carbocycles. The summed E-state index contributed by atoms with van der Waals surface area (Å²) < 4.78 is 16.5. The number of aromatic nitrogens is 2. The van der Waals surface area contributed by atoms with Crippen LogP contribution in [0.4, 0.5) is 0 Å². The highest BCUT2D eigenvalue weighted by molar-refractivity contribution is 7.98. The summed E-state index contributed by atoms with van der Waals surface area (Å²) in [5.41, 5.74) is 2.96. The van der Waals surface area contributed by atoms with E-state index in [-0.39, 0.29) is 5.63 Å². The van der Waals surface area contributed by atoms with Gasteiger partial charge in [0.15, 0.2) is 0 Å². The fourth-order valence-corrected chi connectivity index (χ4v) is 3.60. The largest absolute Gasteiger partial charge is 0.494 e. The summed E-state index contributed by atoms with van der Waals surface area (Å²) in [6.07, 6.45) is 0. The third-order valence-electron chi connectivity index (χ3n) is 4.16. The van der Waals surface area contributed by atoms with Crippen molar-refractivity contribution in [1.82, 2.24) is 10.2 Å². The van der Waals surface area contributed by atoms with E-state index in [4.69, 9.17) is 13.6 Å². The molecule has 0 saturated carbocycles. The normalized spacial score (nSPS) is 11.1. The molecular formula is C21H18N2O4S. The molecule has 4 rings (SSSR count). The fourth-order valence-electron chi connectivity index (χ4n) is 2.84. The van der Waals surface area contributed by atoms with Gasteiger partial charge in [0.1, 0.15) is 11.3 Å². The van der Waals surface area contributed by atoms with Crippen LogP contribution < -0.4 is 10.4 Å². The number of rotatable bonds is 6. The highest BCUT2D eigenvalue weighted by Crippen LogP contribution is 2.29. The Morgan fingerprint density at radius 3 is 2.64 bits per heavy atom. The molecule has 0 radical (unpaired) electrons. The van der Waals surface area contributed by atoms with Crippen molar-refractivity contribution < 1.29 is 13.6 Å². The van der Waals surface area contributed by atoms with Gasteiger partial charge in [-0.05, 0) is 55.3 Å². The van der Waals surface area contributed by atoms with Crippen molar-refractivity contribution in [3.8, 4) is 17.2 Å². The lowest BCUT2D eigenvalue weighted by Crippen LogP contribution is -2.00. The van der Waals surface area contributed by atoms with Crippen LogP contribution in [-0.2, 0) is 5.75 Å². The minimum atomic E-state index is -0.366. The summed E-state index contributed by atoms with van der Waals surface area (Å²) in [5.74, 6) is 1.76. The topological polar surface area (TPSA) is 78.4 Å². The highest BCUT2D eigenvalue weighted by atomic mass is 32.2. The van der Waals surface area contributed by atoms with E-state index in [1.165, 1.54) is 17.8 Å². The van der Waals surface area contributed by atoms with E-state index in [1.807, 2.05) is 56.3 Å². The Balaban J connectivity index is 1.52. The van der Waals surface area contributed by atoms with Crippen molar-refractivity contribution >= 4 is 22.7 Å². The van der Waals surface area contributed by atoms with Crippen LogP contribution in [0, 0.1) is 6.92 Å². The lowest BCUT2D eigenvalue weighted by atomic mass is 10.1. The zero-order chi connectivity index (χ0) is 19.5. The molecule has 7 heteroatoms. The Hall–Kier alpha value is -3.06. The van der Waals surface area contributed by atoms with Crippen LogP contribution in [0.5, 0.6) is 5.75 Å². The van der Waals surface area contributed by atoms with Crippen LogP contribution in [-0.4, -0.2) is 16.8 Å². The maximum atomic E-state index is 11.9. The second kappa shape index (κ2) is 7.90. The maximum Gasteiger partial charge on any atom is 0.336 e. The summed E-state index contributed by atoms with van der Waals surface area (Å²) in [6.45, 7) is 4.52. The molecule has 2 heterocycles. The van der Waals surface area contributed by atoms with Gasteiger partial charge in [0.05, 0.1) is 6.61 Å². The quantitative estimate of drug-likeness (QED) is 0.342. The van der Waals surface area contributed by atoms with Crippen molar-refractivity contribution in [2.24, 2.45) is 0 Å². The standard InChI is InChI=1S/C21H18N2O4S/c1-3-25-16-7-5-14(6-8-16)20-22-23-21(27-20)28-12-15-11-19(24)26-18-10-13(2)4-9-17(15)18/h4-11H,3,12H2,1-2H3. The zero-order valence-electron chi connectivity index (χ0n) is 15.5. The van der Waals surface area contributed by atoms with Gasteiger partial charge in [-0.2, -0.15) is 0 Å². The molecule has 4 aromatic rings. The van der Waals surface area contributed by atoms with Gasteiger partial charge < -0.3 is 13.6 Å². The van der Waals surface area contributed by atoms with Gasteiger partial charge in [-0.1, -0.05) is 23.9 Å². The number of thioether (sulfide) groups is 1. The van der Waals surface area contributed by atoms with Gasteiger partial charge in [-0.15, -0.1) is 10.2 Å². The summed E-state index contributed by atoms with van der Waals surface area (Å²) in [4.78, 5) is 11.9. The van der Waals surface area contributed by atoms with Gasteiger partial charge in [-0.25, -0.2) is 4.79 Å². The molecule has 0 unspecified atom stereocenters. The van der Waals surface area contributed by atoms with Crippen LogP contribution in [0.2, 0.25) is 0 Å². The molecule has 0 fully saturated rings. The number of benzene rings is 2. The molecular weight excluding hydrogens is 376 g/mol. The van der Waals surface area contributed by atoms with E-state index in [9.17, 15) is 4.79 Å². The average molecular weight is 394 g/mol. The van der Waals surface area contributed by atoms with Crippen LogP contribution in [0.3, 0.4) is 0 Å². The minimum Gasteiger partial charge on any atom is -0.494 e. The second-order valence-corrected chi connectivity index (χ2v) is 7.14. The molecule has 0 aliphatic rings. The predicted molar refractivity (Wildman–Crippen MR) is 108 cm³/mol. The first-order valence-corrected chi connectivity index (χ1v) is 9.84. The summed E-state index contributed by atoms with van der Waals surface area (Å²) in [7, 11) is 0. The van der Waals surface area contributed by atoms with Crippen molar-refractivity contribution in [2.45, 2.75) is 24.8 Å². The Bertz CT molecular complexity index is 1170. The van der Waals surface area contributed by atoms with Gasteiger partial charge in [0.2, 0.25) is 5.89 Å². The van der Waals surface area contributed by atoms with E-state index in [0.29, 0.717) is 29.1 Å². The van der Waals surface area contributed by atoms with E-state index in [2.05, 4.69) is 10.2 Å². The molecule has 2 aromatic heterocycles. The second-order valence-electron chi connectivity index (χ2n) is 6.21. The maximum absolute atomic E-state index is 11.9. The number of aryl methyl sites for hydroxylation is 1. The SMILES string of the molecule is CCOc1ccc(-c2nnc(SCc3cc(=O)oc4cc(C)ccc34)o2)cc1. The Kier molecular flexibility index (Phi) is 5.16. The monoisotopic (exact) mass is 394 g/mol. The lowest BCUT2D eigenvalue weighted by Gasteiger charge is -2.04. The molecule has 28 heavy (non-hydrogen) atoms. The number of hydrogen-bond acceptors (Lipinski definition) is 7. The van der Waals surface area contributed by atoms with E-state index < -0.39 is 0 Å². The van der Waals surface area contributed by atoms with Crippen LogP contribution in [0.15, 0.2) is 67.4 Å². The Morgan fingerprint density at radius 2 is 1.86 bits per heavy atom. The first-order valence-electron chi connectivity index (χ1n) is 8.85. The van der Waals surface area contributed by atoms with Crippen molar-refractivity contribution in [1.29, 1.82) is 0 Å². The third kappa shape index (κ3) is 3.94. The summed E-state index contributed by atoms with van der Waals surface area (Å²) in [5, 5.41) is 9.55. The third-order valence-corrected chi connectivity index (χ3v) is 5.02. The number of nitrogens with zero attached hydrogens (tertiary/aromatic N) is 2. The van der Waals surface area contributed by atoms with Crippen molar-refractivity contribution in [3.05, 3.63) is 70.1 Å². The Labute approximate surface area is 165 Å². The molecule has 0 spiro atoms. The molecule has 6 nitrogen and oxygen atoms in total. The van der Waals surface area contributed by atoms with Crippen molar-refractivity contribution in [3.63, 3.8) is 0 Å². The smallest absolute Gasteiger partial charge is 0.336 e. The van der Waals surface area contributed by atoms with Gasteiger partial charge in [0.25, 0.3) is 5.22 Å². The summed E-state index contributed by atoms with van der Waals surface area (Å²) >= 11 is 1.38. The molecule has 0 amide bonds. The van der Waals surface area contributed by atoms with Gasteiger partial charge in [-0.3, -0.25) is 0 Å². The van der Waals surface area contributed by atoms with E-state index in [0.717, 1.165) is 27.8 Å². The Morgan fingerprint density at radius 1 is 1.04 bits per heavy atom. The average Bonchev–Trinajstić information content (AvgIpc) is 3.15. The lowest BCUT2D eigenvalue weighted by molar-refractivity contribution is 0.340. The number of fused-ring (bicyclic) bond motifs is 1. The molecule has 0 atom stereocenters. The molecule has 0 bridgehead atoms. The van der Waals surface area contributed by atoms with Crippen LogP contribution in [0.25, 0.3) is 22.4 Å². The molecule has 2 aromatic carbocycles. The van der Waals surface area contributed by atoms with Crippen LogP contribution in [0.1, 0.15) is 18.1 Å². The molecule has 0 N–H and O–H groups in total. The van der Waals surface area contributed by atoms with Crippen LogP contribution >= 0.6 is 11.8 Å². The number of ether oxygens (including phenoxy) is 1. The first kappa shape index (κ1) is 18.3. The van der Waals surface area contributed by atoms with Crippen molar-refractivity contribution in [2.75, 3.05) is 6.61 Å². The van der Waals surface area contributed by atoms with E-state index >= 15 is 0 Å². The summed E-state index contributed by atoms with van der Waals surface area (Å²) in [6, 6.07) is 14.8. The molecule has 0 saturated heterocycles. The number of hydrogen-bond donors (Lipinski definition) is 0. The minimum absolute atomic E-state index is 0.366.